The number of anilines is 2. The van der Waals surface area contributed by atoms with E-state index in [1.807, 2.05) is 6.07 Å². The lowest BCUT2D eigenvalue weighted by Crippen LogP contribution is -2.33. The zero-order valence-corrected chi connectivity index (χ0v) is 15.6. The first-order valence-electron chi connectivity index (χ1n) is 9.20. The predicted octanol–water partition coefficient (Wildman–Crippen LogP) is 3.35. The van der Waals surface area contributed by atoms with Crippen molar-refractivity contribution in [3.63, 3.8) is 0 Å². The molecule has 3 rings (SSSR count). The Morgan fingerprint density at radius 3 is 2.52 bits per heavy atom. The van der Waals surface area contributed by atoms with E-state index < -0.39 is 0 Å². The molecule has 0 aliphatic carbocycles. The van der Waals surface area contributed by atoms with Gasteiger partial charge in [0, 0.05) is 37.8 Å². The van der Waals surface area contributed by atoms with Gasteiger partial charge in [-0.15, -0.1) is 0 Å². The van der Waals surface area contributed by atoms with Gasteiger partial charge in [-0.25, -0.2) is 4.98 Å². The summed E-state index contributed by atoms with van der Waals surface area (Å²) in [5.74, 6) is 2.56. The SMILES string of the molecule is CC1CCN(c2cc(-c3ccccc3)nc(NCCN(C)C)n2)CC1. The molecule has 0 atom stereocenters. The maximum atomic E-state index is 4.79. The van der Waals surface area contributed by atoms with Crippen molar-refractivity contribution in [2.24, 2.45) is 5.92 Å². The molecule has 134 valence electrons. The highest BCUT2D eigenvalue weighted by Crippen LogP contribution is 2.26. The Hall–Kier alpha value is -2.14. The molecular weight excluding hydrogens is 310 g/mol. The molecule has 1 aliphatic heterocycles. The van der Waals surface area contributed by atoms with Crippen LogP contribution in [0, 0.1) is 5.92 Å². The summed E-state index contributed by atoms with van der Waals surface area (Å²) in [4.78, 5) is 14.1. The van der Waals surface area contributed by atoms with E-state index in [-0.39, 0.29) is 0 Å². The summed E-state index contributed by atoms with van der Waals surface area (Å²) in [7, 11) is 4.15. The lowest BCUT2D eigenvalue weighted by molar-refractivity contribution is 0.424. The third-order valence-corrected chi connectivity index (χ3v) is 4.73. The lowest BCUT2D eigenvalue weighted by atomic mass is 9.99. The van der Waals surface area contributed by atoms with E-state index in [2.05, 4.69) is 66.5 Å². The van der Waals surface area contributed by atoms with E-state index in [9.17, 15) is 0 Å². The number of rotatable bonds is 6. The normalized spacial score (nSPS) is 15.6. The van der Waals surface area contributed by atoms with Crippen LogP contribution >= 0.6 is 0 Å². The van der Waals surface area contributed by atoms with Crippen molar-refractivity contribution in [3.05, 3.63) is 36.4 Å². The fourth-order valence-electron chi connectivity index (χ4n) is 3.06. The summed E-state index contributed by atoms with van der Waals surface area (Å²) in [6.45, 7) is 6.27. The number of aromatic nitrogens is 2. The number of hydrogen-bond acceptors (Lipinski definition) is 5. The number of nitrogens with zero attached hydrogens (tertiary/aromatic N) is 4. The first-order chi connectivity index (χ1) is 12.1. The van der Waals surface area contributed by atoms with Gasteiger partial charge in [-0.3, -0.25) is 0 Å². The summed E-state index contributed by atoms with van der Waals surface area (Å²) in [6.07, 6.45) is 2.46. The lowest BCUT2D eigenvalue weighted by Gasteiger charge is -2.31. The molecule has 0 radical (unpaired) electrons. The highest BCUT2D eigenvalue weighted by atomic mass is 15.2. The van der Waals surface area contributed by atoms with E-state index in [1.165, 1.54) is 12.8 Å². The minimum Gasteiger partial charge on any atom is -0.356 e. The van der Waals surface area contributed by atoms with Gasteiger partial charge in [0.2, 0.25) is 5.95 Å². The molecule has 1 saturated heterocycles. The average Bonchev–Trinajstić information content (AvgIpc) is 2.62. The van der Waals surface area contributed by atoms with E-state index in [1.54, 1.807) is 0 Å². The Morgan fingerprint density at radius 2 is 1.84 bits per heavy atom. The topological polar surface area (TPSA) is 44.3 Å². The fourth-order valence-corrected chi connectivity index (χ4v) is 3.06. The van der Waals surface area contributed by atoms with E-state index in [4.69, 9.17) is 9.97 Å². The van der Waals surface area contributed by atoms with Gasteiger partial charge in [0.25, 0.3) is 0 Å². The second-order valence-corrected chi connectivity index (χ2v) is 7.20. The third-order valence-electron chi connectivity index (χ3n) is 4.73. The Kier molecular flexibility index (Phi) is 5.87. The molecule has 2 aromatic rings. The fraction of sp³-hybridized carbons (Fsp3) is 0.500. The molecule has 1 aliphatic rings. The summed E-state index contributed by atoms with van der Waals surface area (Å²) in [6, 6.07) is 12.5. The van der Waals surface area contributed by atoms with Crippen LogP contribution in [-0.2, 0) is 0 Å². The molecule has 0 amide bonds. The van der Waals surface area contributed by atoms with Crippen LogP contribution in [0.4, 0.5) is 11.8 Å². The largest absolute Gasteiger partial charge is 0.356 e. The highest BCUT2D eigenvalue weighted by molar-refractivity contribution is 5.64. The van der Waals surface area contributed by atoms with Gasteiger partial charge in [0.1, 0.15) is 5.82 Å². The summed E-state index contributed by atoms with van der Waals surface area (Å²) < 4.78 is 0. The number of hydrogen-bond donors (Lipinski definition) is 1. The molecule has 1 aromatic carbocycles. The van der Waals surface area contributed by atoms with Gasteiger partial charge in [-0.2, -0.15) is 4.98 Å². The third kappa shape index (κ3) is 4.92. The zero-order chi connectivity index (χ0) is 17.6. The molecule has 5 nitrogen and oxygen atoms in total. The Labute approximate surface area is 151 Å². The summed E-state index contributed by atoms with van der Waals surface area (Å²) in [5.41, 5.74) is 2.11. The molecule has 0 bridgehead atoms. The van der Waals surface area contributed by atoms with E-state index in [0.29, 0.717) is 0 Å². The van der Waals surface area contributed by atoms with Gasteiger partial charge in [0.15, 0.2) is 0 Å². The summed E-state index contributed by atoms with van der Waals surface area (Å²) in [5, 5.41) is 3.38. The minimum absolute atomic E-state index is 0.719. The average molecular weight is 339 g/mol. The molecule has 0 saturated carbocycles. The molecule has 1 aromatic heterocycles. The van der Waals surface area contributed by atoms with Crippen LogP contribution in [0.15, 0.2) is 36.4 Å². The van der Waals surface area contributed by atoms with Crippen molar-refractivity contribution in [2.45, 2.75) is 19.8 Å². The van der Waals surface area contributed by atoms with Crippen LogP contribution in [0.3, 0.4) is 0 Å². The summed E-state index contributed by atoms with van der Waals surface area (Å²) >= 11 is 0. The van der Waals surface area contributed by atoms with Crippen molar-refractivity contribution >= 4 is 11.8 Å². The number of benzene rings is 1. The van der Waals surface area contributed by atoms with Gasteiger partial charge in [-0.1, -0.05) is 37.3 Å². The quantitative estimate of drug-likeness (QED) is 0.874. The van der Waals surface area contributed by atoms with Gasteiger partial charge in [0.05, 0.1) is 5.69 Å². The van der Waals surface area contributed by atoms with Gasteiger partial charge < -0.3 is 15.1 Å². The maximum absolute atomic E-state index is 4.79. The van der Waals surface area contributed by atoms with Crippen molar-refractivity contribution in [1.82, 2.24) is 14.9 Å². The van der Waals surface area contributed by atoms with Crippen LogP contribution in [-0.4, -0.2) is 55.1 Å². The molecular formula is C20H29N5. The smallest absolute Gasteiger partial charge is 0.225 e. The molecule has 0 unspecified atom stereocenters. The van der Waals surface area contributed by atoms with E-state index in [0.717, 1.165) is 55.1 Å². The minimum atomic E-state index is 0.719. The number of nitrogens with one attached hydrogen (secondary N) is 1. The van der Waals surface area contributed by atoms with Crippen molar-refractivity contribution in [2.75, 3.05) is 50.5 Å². The Balaban J connectivity index is 1.85. The monoisotopic (exact) mass is 339 g/mol. The van der Waals surface area contributed by atoms with Crippen molar-refractivity contribution in [1.29, 1.82) is 0 Å². The number of piperidine rings is 1. The van der Waals surface area contributed by atoms with Crippen LogP contribution in [0.2, 0.25) is 0 Å². The first-order valence-corrected chi connectivity index (χ1v) is 9.20. The van der Waals surface area contributed by atoms with Crippen LogP contribution in [0.5, 0.6) is 0 Å². The Bertz CT molecular complexity index is 663. The maximum Gasteiger partial charge on any atom is 0.225 e. The van der Waals surface area contributed by atoms with Crippen molar-refractivity contribution in [3.8, 4) is 11.3 Å². The van der Waals surface area contributed by atoms with Crippen LogP contribution < -0.4 is 10.2 Å². The molecule has 25 heavy (non-hydrogen) atoms. The second-order valence-electron chi connectivity index (χ2n) is 7.20. The first kappa shape index (κ1) is 17.7. The van der Waals surface area contributed by atoms with Crippen molar-refractivity contribution < 1.29 is 0 Å². The number of likely N-dealkylation sites (N-methyl/N-ethyl adjacent to an activating group) is 1. The van der Waals surface area contributed by atoms with E-state index >= 15 is 0 Å². The van der Waals surface area contributed by atoms with Crippen LogP contribution in [0.25, 0.3) is 11.3 Å². The second kappa shape index (κ2) is 8.30. The zero-order valence-electron chi connectivity index (χ0n) is 15.6. The molecule has 2 heterocycles. The molecule has 0 spiro atoms. The highest BCUT2D eigenvalue weighted by Gasteiger charge is 2.18. The molecule has 5 heteroatoms. The predicted molar refractivity (Wildman–Crippen MR) is 105 cm³/mol. The van der Waals surface area contributed by atoms with Gasteiger partial charge in [-0.05, 0) is 32.9 Å². The Morgan fingerprint density at radius 1 is 1.12 bits per heavy atom. The standard InChI is InChI=1S/C20H29N5/c1-16-9-12-25(13-10-16)19-15-18(17-7-5-4-6-8-17)22-20(23-19)21-11-14-24(2)3/h4-8,15-16H,9-14H2,1-3H3,(H,21,22,23). The molecule has 1 fully saturated rings. The molecule has 1 N–H and O–H groups in total. The van der Waals surface area contributed by atoms with Crippen LogP contribution in [0.1, 0.15) is 19.8 Å². The van der Waals surface area contributed by atoms with Gasteiger partial charge >= 0.3 is 0 Å².